The van der Waals surface area contributed by atoms with Gasteiger partial charge in [-0.25, -0.2) is 0 Å². The third kappa shape index (κ3) is 1.73. The molecule has 0 bridgehead atoms. The fourth-order valence-corrected chi connectivity index (χ4v) is 2.70. The Morgan fingerprint density at radius 2 is 1.42 bits per heavy atom. The van der Waals surface area contributed by atoms with Gasteiger partial charge in [-0.05, 0) is 29.6 Å². The summed E-state index contributed by atoms with van der Waals surface area (Å²) in [6.45, 7) is 11.8. The van der Waals surface area contributed by atoms with E-state index in [4.69, 9.17) is 0 Å². The normalized spacial score (nSPS) is 42.2. The van der Waals surface area contributed by atoms with Crippen molar-refractivity contribution in [3.63, 3.8) is 0 Å². The molecule has 0 saturated carbocycles. The first kappa shape index (κ1) is 9.83. The molecule has 0 radical (unpaired) electrons. The van der Waals surface area contributed by atoms with Gasteiger partial charge in [0.1, 0.15) is 0 Å². The van der Waals surface area contributed by atoms with Gasteiger partial charge in [-0.15, -0.1) is 0 Å². The molecule has 0 amide bonds. The van der Waals surface area contributed by atoms with Crippen LogP contribution < -0.4 is 0 Å². The van der Waals surface area contributed by atoms with Gasteiger partial charge in [0.05, 0.1) is 0 Å². The summed E-state index contributed by atoms with van der Waals surface area (Å²) >= 11 is 0. The van der Waals surface area contributed by atoms with Crippen molar-refractivity contribution >= 4 is 0 Å². The Labute approximate surface area is 77.1 Å². The predicted octanol–water partition coefficient (Wildman–Crippen LogP) is 3.74. The molecule has 0 aromatic heterocycles. The van der Waals surface area contributed by atoms with Crippen LogP contribution in [0.4, 0.5) is 0 Å². The van der Waals surface area contributed by atoms with E-state index in [-0.39, 0.29) is 0 Å². The van der Waals surface area contributed by atoms with Gasteiger partial charge in [-0.3, -0.25) is 0 Å². The molecule has 1 aliphatic rings. The third-order valence-corrected chi connectivity index (χ3v) is 3.53. The molecule has 1 rings (SSSR count). The molecular weight excluding hydrogens is 144 g/mol. The lowest BCUT2D eigenvalue weighted by molar-refractivity contribution is 0.169. The molecule has 0 heterocycles. The maximum atomic E-state index is 2.40. The summed E-state index contributed by atoms with van der Waals surface area (Å²) in [7, 11) is 0. The highest BCUT2D eigenvalue weighted by Gasteiger charge is 2.30. The maximum Gasteiger partial charge on any atom is -0.0228 e. The standard InChI is InChI=1S/C12H22/c1-8(2)12-10(4)7-6-9(3)11(12)5/h6-12H,1-5H3. The van der Waals surface area contributed by atoms with Crippen molar-refractivity contribution in [3.05, 3.63) is 12.2 Å². The van der Waals surface area contributed by atoms with E-state index in [1.807, 2.05) is 0 Å². The number of allylic oxidation sites excluding steroid dienone is 2. The SMILES string of the molecule is CC(C)C1C(C)C=CC(C)C1C. The Hall–Kier alpha value is -0.260. The average molecular weight is 166 g/mol. The highest BCUT2D eigenvalue weighted by molar-refractivity contribution is 5.02. The van der Waals surface area contributed by atoms with Crippen LogP contribution in [0.1, 0.15) is 34.6 Å². The fraction of sp³-hybridized carbons (Fsp3) is 0.833. The zero-order valence-electron chi connectivity index (χ0n) is 9.04. The van der Waals surface area contributed by atoms with Crippen molar-refractivity contribution in [1.29, 1.82) is 0 Å². The largest absolute Gasteiger partial charge is 0.0851 e. The summed E-state index contributed by atoms with van der Waals surface area (Å²) < 4.78 is 0. The Morgan fingerprint density at radius 1 is 0.917 bits per heavy atom. The number of rotatable bonds is 1. The second-order valence-electron chi connectivity index (χ2n) is 4.78. The summed E-state index contributed by atoms with van der Waals surface area (Å²) in [5.74, 6) is 4.10. The summed E-state index contributed by atoms with van der Waals surface area (Å²) in [5, 5.41) is 0. The van der Waals surface area contributed by atoms with Gasteiger partial charge in [-0.1, -0.05) is 46.8 Å². The minimum Gasteiger partial charge on any atom is -0.0851 e. The van der Waals surface area contributed by atoms with Crippen LogP contribution >= 0.6 is 0 Å². The number of hydrogen-bond donors (Lipinski definition) is 0. The monoisotopic (exact) mass is 166 g/mol. The lowest BCUT2D eigenvalue weighted by Gasteiger charge is -2.37. The second-order valence-corrected chi connectivity index (χ2v) is 4.78. The van der Waals surface area contributed by atoms with E-state index in [9.17, 15) is 0 Å². The highest BCUT2D eigenvalue weighted by Crippen LogP contribution is 2.38. The molecule has 4 atom stereocenters. The van der Waals surface area contributed by atoms with Crippen LogP contribution in [0.25, 0.3) is 0 Å². The Morgan fingerprint density at radius 3 is 1.83 bits per heavy atom. The first-order valence-corrected chi connectivity index (χ1v) is 5.22. The lowest BCUT2D eigenvalue weighted by atomic mass is 9.68. The molecule has 0 spiro atoms. The van der Waals surface area contributed by atoms with Crippen LogP contribution in [-0.4, -0.2) is 0 Å². The molecule has 0 saturated heterocycles. The molecular formula is C12H22. The predicted molar refractivity (Wildman–Crippen MR) is 55.0 cm³/mol. The van der Waals surface area contributed by atoms with Crippen molar-refractivity contribution in [2.75, 3.05) is 0 Å². The van der Waals surface area contributed by atoms with E-state index < -0.39 is 0 Å². The topological polar surface area (TPSA) is 0 Å². The maximum absolute atomic E-state index is 2.40. The van der Waals surface area contributed by atoms with Crippen LogP contribution in [0, 0.1) is 29.6 Å². The van der Waals surface area contributed by atoms with Crippen LogP contribution in [0.15, 0.2) is 12.2 Å². The lowest BCUT2D eigenvalue weighted by Crippen LogP contribution is -2.30. The van der Waals surface area contributed by atoms with Crippen molar-refractivity contribution in [2.24, 2.45) is 29.6 Å². The molecule has 4 unspecified atom stereocenters. The third-order valence-electron chi connectivity index (χ3n) is 3.53. The Bertz CT molecular complexity index is 167. The fourth-order valence-electron chi connectivity index (χ4n) is 2.70. The Kier molecular flexibility index (Phi) is 2.98. The molecule has 0 fully saturated rings. The number of hydrogen-bond acceptors (Lipinski definition) is 0. The minimum atomic E-state index is 0.772. The van der Waals surface area contributed by atoms with Crippen molar-refractivity contribution in [2.45, 2.75) is 34.6 Å². The van der Waals surface area contributed by atoms with Gasteiger partial charge in [0, 0.05) is 0 Å². The molecule has 0 heteroatoms. The van der Waals surface area contributed by atoms with Crippen LogP contribution in [0.3, 0.4) is 0 Å². The van der Waals surface area contributed by atoms with Gasteiger partial charge in [0.15, 0.2) is 0 Å². The summed E-state index contributed by atoms with van der Waals surface area (Å²) in [4.78, 5) is 0. The van der Waals surface area contributed by atoms with Crippen LogP contribution in [-0.2, 0) is 0 Å². The van der Waals surface area contributed by atoms with E-state index >= 15 is 0 Å². The van der Waals surface area contributed by atoms with Crippen molar-refractivity contribution < 1.29 is 0 Å². The molecule has 70 valence electrons. The van der Waals surface area contributed by atoms with Gasteiger partial charge in [0.25, 0.3) is 0 Å². The molecule has 1 aliphatic carbocycles. The van der Waals surface area contributed by atoms with Gasteiger partial charge in [0.2, 0.25) is 0 Å². The zero-order chi connectivity index (χ0) is 9.30. The smallest absolute Gasteiger partial charge is 0.0228 e. The van der Waals surface area contributed by atoms with Gasteiger partial charge >= 0.3 is 0 Å². The zero-order valence-corrected chi connectivity index (χ0v) is 9.04. The van der Waals surface area contributed by atoms with Gasteiger partial charge in [-0.2, -0.15) is 0 Å². The van der Waals surface area contributed by atoms with E-state index in [0.29, 0.717) is 0 Å². The molecule has 12 heavy (non-hydrogen) atoms. The quantitative estimate of drug-likeness (QED) is 0.521. The first-order valence-electron chi connectivity index (χ1n) is 5.22. The second kappa shape index (κ2) is 3.64. The molecule has 0 aliphatic heterocycles. The summed E-state index contributed by atoms with van der Waals surface area (Å²) in [6, 6.07) is 0. The van der Waals surface area contributed by atoms with Gasteiger partial charge < -0.3 is 0 Å². The summed E-state index contributed by atoms with van der Waals surface area (Å²) in [6.07, 6.45) is 4.78. The van der Waals surface area contributed by atoms with E-state index in [2.05, 4.69) is 46.8 Å². The van der Waals surface area contributed by atoms with Crippen molar-refractivity contribution in [1.82, 2.24) is 0 Å². The van der Waals surface area contributed by atoms with Crippen LogP contribution in [0.5, 0.6) is 0 Å². The average Bonchev–Trinajstić information content (AvgIpc) is 1.97. The minimum absolute atomic E-state index is 0.772. The molecule has 0 aromatic rings. The molecule has 0 nitrogen and oxygen atoms in total. The first-order chi connectivity index (χ1) is 5.54. The van der Waals surface area contributed by atoms with E-state index in [0.717, 1.165) is 29.6 Å². The molecule has 0 N–H and O–H groups in total. The molecule has 0 aromatic carbocycles. The van der Waals surface area contributed by atoms with E-state index in [1.165, 1.54) is 0 Å². The van der Waals surface area contributed by atoms with Crippen molar-refractivity contribution in [3.8, 4) is 0 Å². The summed E-state index contributed by atoms with van der Waals surface area (Å²) in [5.41, 5.74) is 0. The van der Waals surface area contributed by atoms with E-state index in [1.54, 1.807) is 0 Å². The highest BCUT2D eigenvalue weighted by atomic mass is 14.4. The van der Waals surface area contributed by atoms with Crippen LogP contribution in [0.2, 0.25) is 0 Å². The Balaban J connectivity index is 2.77.